The summed E-state index contributed by atoms with van der Waals surface area (Å²) < 4.78 is 5.74. The van der Waals surface area contributed by atoms with E-state index in [2.05, 4.69) is 15.3 Å². The molecule has 3 fully saturated rings. The summed E-state index contributed by atoms with van der Waals surface area (Å²) >= 11 is 0. The Kier molecular flexibility index (Phi) is 6.40. The number of ether oxygens (including phenoxy) is 1. The molecule has 7 atom stereocenters. The number of amides is 1. The number of hydrogen-bond acceptors (Lipinski definition) is 11. The lowest BCUT2D eigenvalue weighted by atomic mass is 9.86. The van der Waals surface area contributed by atoms with Gasteiger partial charge < -0.3 is 46.6 Å². The topological polar surface area (TPSA) is 183 Å². The minimum atomic E-state index is -1.26. The summed E-state index contributed by atoms with van der Waals surface area (Å²) in [4.78, 5) is 24.0. The number of nitrogens with zero attached hydrogens (tertiary/aromatic N) is 4. The summed E-state index contributed by atoms with van der Waals surface area (Å²) in [5, 5.41) is 33.6. The fourth-order valence-corrected chi connectivity index (χ4v) is 6.23. The molecule has 5 rings (SSSR count). The van der Waals surface area contributed by atoms with Crippen LogP contribution >= 0.6 is 0 Å². The van der Waals surface area contributed by atoms with Gasteiger partial charge in [-0.1, -0.05) is 6.42 Å². The summed E-state index contributed by atoms with van der Waals surface area (Å²) in [5.74, 6) is 3.11. The van der Waals surface area contributed by atoms with E-state index in [0.717, 1.165) is 30.7 Å². The standard InChI is InChI=1S/C22H35N7O5/c23-15(31)4-6-28-10-29(21-18(33)17(32)14(9-30)34-21)20-16(28)19(24)26-22(27-20)25-5-3-13-8-11-1-2-12(13)7-11/h11-14,17-18,21,30,32-33H,1-10H2,(H2,23,31)(H3,24,25,26,27)/t11?,12?,13?,14-,17?,18?,21-/m1/s1. The van der Waals surface area contributed by atoms with Crippen molar-refractivity contribution in [1.29, 1.82) is 0 Å². The fraction of sp³-hybridized carbons (Fsp3) is 0.773. The first-order valence-electron chi connectivity index (χ1n) is 12.2. The number of primary amides is 1. The SMILES string of the molecule is NC(=O)CCN1CN([C@@H]2O[C@H](CO)C(O)C2O)c2nc(NCCC3CC4CCC3C4)nc(N)c21. The van der Waals surface area contributed by atoms with E-state index in [1.54, 1.807) is 4.90 Å². The third kappa shape index (κ3) is 4.23. The van der Waals surface area contributed by atoms with Gasteiger partial charge in [0, 0.05) is 19.5 Å². The molecule has 1 amide bonds. The molecule has 5 unspecified atom stereocenters. The number of aliphatic hydroxyl groups is 3. The van der Waals surface area contributed by atoms with Gasteiger partial charge in [-0.25, -0.2) is 0 Å². The van der Waals surface area contributed by atoms with Gasteiger partial charge in [0.1, 0.15) is 24.0 Å². The summed E-state index contributed by atoms with van der Waals surface area (Å²) in [6.07, 6.45) is 2.21. The number of nitrogen functional groups attached to an aromatic ring is 1. The van der Waals surface area contributed by atoms with Crippen molar-refractivity contribution in [3.8, 4) is 0 Å². The highest BCUT2D eigenvalue weighted by atomic mass is 16.6. The Balaban J connectivity index is 1.34. The van der Waals surface area contributed by atoms with E-state index in [0.29, 0.717) is 17.5 Å². The lowest BCUT2D eigenvalue weighted by Gasteiger charge is -2.28. The molecule has 1 saturated heterocycles. The van der Waals surface area contributed by atoms with Gasteiger partial charge in [-0.15, -0.1) is 0 Å². The fourth-order valence-electron chi connectivity index (χ4n) is 6.23. The Morgan fingerprint density at radius 2 is 2.03 bits per heavy atom. The van der Waals surface area contributed by atoms with Gasteiger partial charge in [-0.05, 0) is 43.4 Å². The molecule has 34 heavy (non-hydrogen) atoms. The maximum absolute atomic E-state index is 11.4. The van der Waals surface area contributed by atoms with Crippen molar-refractivity contribution >= 4 is 29.2 Å². The number of nitrogens with two attached hydrogens (primary N) is 2. The van der Waals surface area contributed by atoms with Gasteiger partial charge in [0.2, 0.25) is 11.9 Å². The highest BCUT2D eigenvalue weighted by molar-refractivity contribution is 5.84. The monoisotopic (exact) mass is 477 g/mol. The maximum Gasteiger partial charge on any atom is 0.226 e. The van der Waals surface area contributed by atoms with Gasteiger partial charge >= 0.3 is 0 Å². The van der Waals surface area contributed by atoms with Gasteiger partial charge in [0.25, 0.3) is 0 Å². The number of fused-ring (bicyclic) bond motifs is 3. The van der Waals surface area contributed by atoms with E-state index in [4.69, 9.17) is 16.2 Å². The highest BCUT2D eigenvalue weighted by Gasteiger charge is 2.48. The molecule has 0 radical (unpaired) electrons. The number of hydrogen-bond donors (Lipinski definition) is 6. The summed E-state index contributed by atoms with van der Waals surface area (Å²) in [7, 11) is 0. The summed E-state index contributed by atoms with van der Waals surface area (Å²) in [5.41, 5.74) is 12.2. The zero-order valence-corrected chi connectivity index (χ0v) is 19.2. The highest BCUT2D eigenvalue weighted by Crippen LogP contribution is 2.49. The molecular weight excluding hydrogens is 442 g/mol. The van der Waals surface area contributed by atoms with Crippen molar-refractivity contribution in [2.75, 3.05) is 47.2 Å². The first kappa shape index (κ1) is 23.3. The van der Waals surface area contributed by atoms with Crippen LogP contribution in [0.3, 0.4) is 0 Å². The van der Waals surface area contributed by atoms with Crippen LogP contribution in [0.5, 0.6) is 0 Å². The Morgan fingerprint density at radius 1 is 1.21 bits per heavy atom. The van der Waals surface area contributed by atoms with Crippen LogP contribution in [0.15, 0.2) is 0 Å². The first-order valence-corrected chi connectivity index (χ1v) is 12.2. The van der Waals surface area contributed by atoms with Crippen molar-refractivity contribution in [1.82, 2.24) is 9.97 Å². The van der Waals surface area contributed by atoms with E-state index in [9.17, 15) is 20.1 Å². The molecule has 2 aliphatic carbocycles. The van der Waals surface area contributed by atoms with Crippen molar-refractivity contribution in [3.63, 3.8) is 0 Å². The lowest BCUT2D eigenvalue weighted by molar-refractivity contribution is -0.117. The molecule has 0 spiro atoms. The second kappa shape index (κ2) is 9.33. The van der Waals surface area contributed by atoms with Gasteiger partial charge in [-0.2, -0.15) is 9.97 Å². The van der Waals surface area contributed by atoms with E-state index < -0.39 is 37.1 Å². The van der Waals surface area contributed by atoms with Crippen molar-refractivity contribution in [2.45, 2.75) is 63.1 Å². The van der Waals surface area contributed by atoms with Crippen LogP contribution in [0.1, 0.15) is 38.5 Å². The van der Waals surface area contributed by atoms with Gasteiger partial charge in [-0.3, -0.25) is 4.79 Å². The average molecular weight is 478 g/mol. The van der Waals surface area contributed by atoms with Crippen molar-refractivity contribution in [3.05, 3.63) is 0 Å². The van der Waals surface area contributed by atoms with Crippen LogP contribution in [0, 0.1) is 17.8 Å². The number of carbonyl (C=O) groups excluding carboxylic acids is 1. The minimum absolute atomic E-state index is 0.103. The summed E-state index contributed by atoms with van der Waals surface area (Å²) in [6, 6.07) is 0. The molecule has 2 bridgehead atoms. The number of aromatic nitrogens is 2. The smallest absolute Gasteiger partial charge is 0.226 e. The van der Waals surface area contributed by atoms with Crippen LogP contribution in [0.2, 0.25) is 0 Å². The van der Waals surface area contributed by atoms with Crippen LogP contribution < -0.4 is 26.6 Å². The Labute approximate surface area is 198 Å². The number of aliphatic hydroxyl groups excluding tert-OH is 3. The first-order chi connectivity index (χ1) is 16.4. The second-order valence-electron chi connectivity index (χ2n) is 10.1. The Bertz CT molecular complexity index is 920. The van der Waals surface area contributed by atoms with Crippen LogP contribution in [0.25, 0.3) is 0 Å². The molecule has 2 aliphatic heterocycles. The molecule has 12 nitrogen and oxygen atoms in total. The molecule has 3 heterocycles. The zero-order chi connectivity index (χ0) is 24.0. The normalized spacial score (nSPS) is 34.1. The van der Waals surface area contributed by atoms with Gasteiger partial charge in [0.05, 0.1) is 13.3 Å². The molecule has 8 N–H and O–H groups in total. The van der Waals surface area contributed by atoms with E-state index in [1.807, 2.05) is 4.90 Å². The third-order valence-corrected chi connectivity index (χ3v) is 7.94. The van der Waals surface area contributed by atoms with E-state index in [1.165, 1.54) is 25.7 Å². The number of anilines is 4. The van der Waals surface area contributed by atoms with Crippen molar-refractivity contribution in [2.24, 2.45) is 23.5 Å². The quantitative estimate of drug-likeness (QED) is 0.262. The average Bonchev–Trinajstić information content (AvgIpc) is 3.57. The Hall–Kier alpha value is -2.41. The van der Waals surface area contributed by atoms with E-state index in [-0.39, 0.29) is 25.5 Å². The van der Waals surface area contributed by atoms with Crippen LogP contribution in [-0.2, 0) is 9.53 Å². The predicted molar refractivity (Wildman–Crippen MR) is 125 cm³/mol. The molecule has 4 aliphatic rings. The van der Waals surface area contributed by atoms with Crippen LogP contribution in [-0.4, -0.2) is 82.1 Å². The number of nitrogens with one attached hydrogen (secondary N) is 1. The van der Waals surface area contributed by atoms with Crippen molar-refractivity contribution < 1.29 is 24.9 Å². The zero-order valence-electron chi connectivity index (χ0n) is 19.2. The molecule has 0 aromatic carbocycles. The third-order valence-electron chi connectivity index (χ3n) is 7.94. The largest absolute Gasteiger partial charge is 0.394 e. The second-order valence-corrected chi connectivity index (χ2v) is 10.1. The van der Waals surface area contributed by atoms with E-state index >= 15 is 0 Å². The molecule has 12 heteroatoms. The Morgan fingerprint density at radius 3 is 2.68 bits per heavy atom. The minimum Gasteiger partial charge on any atom is -0.394 e. The molecule has 2 saturated carbocycles. The molecule has 188 valence electrons. The van der Waals surface area contributed by atoms with Gasteiger partial charge in [0.15, 0.2) is 17.9 Å². The number of rotatable bonds is 9. The summed E-state index contributed by atoms with van der Waals surface area (Å²) in [6.45, 7) is 0.814. The molecular formula is C22H35N7O5. The van der Waals surface area contributed by atoms with Crippen LogP contribution in [0.4, 0.5) is 23.3 Å². The lowest BCUT2D eigenvalue weighted by Crippen LogP contribution is -2.46. The predicted octanol–water partition coefficient (Wildman–Crippen LogP) is -0.805. The molecule has 1 aromatic heterocycles. The number of carbonyl (C=O) groups is 1. The molecule has 1 aromatic rings. The maximum atomic E-state index is 11.4.